The van der Waals surface area contributed by atoms with Crippen molar-refractivity contribution in [2.45, 2.75) is 32.6 Å². The number of H-pyrrole nitrogens is 1. The van der Waals surface area contributed by atoms with E-state index in [0.29, 0.717) is 44.1 Å². The van der Waals surface area contributed by atoms with E-state index in [1.54, 1.807) is 13.8 Å². The van der Waals surface area contributed by atoms with Crippen LogP contribution in [0, 0.1) is 27.7 Å². The molecule has 1 fully saturated rings. The minimum atomic E-state index is -3.57. The highest BCUT2D eigenvalue weighted by atomic mass is 32.2. The van der Waals surface area contributed by atoms with Gasteiger partial charge in [0.15, 0.2) is 5.78 Å². The summed E-state index contributed by atoms with van der Waals surface area (Å²) in [6.45, 7) is 9.46. The number of piperazine rings is 1. The zero-order valence-electron chi connectivity index (χ0n) is 16.2. The molecule has 27 heavy (non-hydrogen) atoms. The van der Waals surface area contributed by atoms with Gasteiger partial charge in [-0.2, -0.15) is 9.40 Å². The number of aromatic amines is 1. The molecule has 146 valence electrons. The summed E-state index contributed by atoms with van der Waals surface area (Å²) >= 11 is 0. The number of hydrogen-bond donors (Lipinski definition) is 1. The first kappa shape index (κ1) is 19.7. The average Bonchev–Trinajstić information content (AvgIpc) is 2.94. The molecule has 1 aliphatic rings. The molecule has 1 saturated heterocycles. The van der Waals surface area contributed by atoms with E-state index in [4.69, 9.17) is 0 Å². The van der Waals surface area contributed by atoms with Crippen molar-refractivity contribution < 1.29 is 13.2 Å². The van der Waals surface area contributed by atoms with Crippen LogP contribution in [0.3, 0.4) is 0 Å². The lowest BCUT2D eigenvalue weighted by Gasteiger charge is -2.33. The molecular formula is C19H26N4O3S. The van der Waals surface area contributed by atoms with Crippen molar-refractivity contribution in [3.63, 3.8) is 0 Å². The lowest BCUT2D eigenvalue weighted by molar-refractivity contribution is 0.0901. The van der Waals surface area contributed by atoms with Crippen molar-refractivity contribution in [2.75, 3.05) is 32.7 Å². The quantitative estimate of drug-likeness (QED) is 0.787. The van der Waals surface area contributed by atoms with Crippen LogP contribution in [-0.4, -0.2) is 66.3 Å². The van der Waals surface area contributed by atoms with Crippen LogP contribution in [0.15, 0.2) is 23.1 Å². The lowest BCUT2D eigenvalue weighted by atomic mass is 10.0. The van der Waals surface area contributed by atoms with Crippen LogP contribution in [0.5, 0.6) is 0 Å². The van der Waals surface area contributed by atoms with Gasteiger partial charge in [-0.25, -0.2) is 8.42 Å². The Labute approximate surface area is 160 Å². The van der Waals surface area contributed by atoms with Gasteiger partial charge in [-0.3, -0.25) is 14.8 Å². The van der Waals surface area contributed by atoms with Crippen LogP contribution in [0.1, 0.15) is 32.9 Å². The van der Waals surface area contributed by atoms with E-state index in [0.717, 1.165) is 16.7 Å². The molecule has 3 rings (SSSR count). The number of Topliss-reactive ketones (excluding diaryl/α,β-unsaturated/α-hetero) is 1. The van der Waals surface area contributed by atoms with Crippen molar-refractivity contribution in [3.8, 4) is 0 Å². The summed E-state index contributed by atoms with van der Waals surface area (Å²) in [6, 6.07) is 5.83. The standard InChI is InChI=1S/C19H26N4O3S/c1-13-5-6-17(14(2)11-13)18(24)12-22-7-9-23(10-8-22)27(25,26)19-15(3)20-21-16(19)4/h5-6,11H,7-10,12H2,1-4H3,(H,20,21). The molecule has 7 nitrogen and oxygen atoms in total. The van der Waals surface area contributed by atoms with Gasteiger partial charge in [0.25, 0.3) is 0 Å². The SMILES string of the molecule is Cc1ccc(C(=O)CN2CCN(S(=O)(=O)c3c(C)n[nH]c3C)CC2)c(C)c1. The number of nitrogens with one attached hydrogen (secondary N) is 1. The predicted molar refractivity (Wildman–Crippen MR) is 104 cm³/mol. The molecule has 0 bridgehead atoms. The van der Waals surface area contributed by atoms with Gasteiger partial charge in [0.2, 0.25) is 10.0 Å². The average molecular weight is 391 g/mol. The first-order valence-corrected chi connectivity index (χ1v) is 10.5. The van der Waals surface area contributed by atoms with Crippen LogP contribution in [0.2, 0.25) is 0 Å². The van der Waals surface area contributed by atoms with Crippen LogP contribution in [-0.2, 0) is 10.0 Å². The summed E-state index contributed by atoms with van der Waals surface area (Å²) in [6.07, 6.45) is 0. The fourth-order valence-electron chi connectivity index (χ4n) is 3.59. The monoisotopic (exact) mass is 390 g/mol. The van der Waals surface area contributed by atoms with Crippen molar-refractivity contribution in [1.29, 1.82) is 0 Å². The third kappa shape index (κ3) is 3.97. The molecule has 1 N–H and O–H groups in total. The highest BCUT2D eigenvalue weighted by Gasteiger charge is 2.32. The Hall–Kier alpha value is -2.03. The van der Waals surface area contributed by atoms with E-state index in [1.807, 2.05) is 36.9 Å². The van der Waals surface area contributed by atoms with Gasteiger partial charge in [-0.05, 0) is 33.3 Å². The van der Waals surface area contributed by atoms with Crippen molar-refractivity contribution >= 4 is 15.8 Å². The van der Waals surface area contributed by atoms with Crippen LogP contribution < -0.4 is 0 Å². The molecule has 0 spiro atoms. The highest BCUT2D eigenvalue weighted by molar-refractivity contribution is 7.89. The second-order valence-corrected chi connectivity index (χ2v) is 9.06. The van der Waals surface area contributed by atoms with Gasteiger partial charge in [0.05, 0.1) is 17.9 Å². The summed E-state index contributed by atoms with van der Waals surface area (Å²) < 4.78 is 27.3. The molecule has 1 aromatic heterocycles. The van der Waals surface area contributed by atoms with E-state index in [1.165, 1.54) is 4.31 Å². The third-order valence-corrected chi connectivity index (χ3v) is 7.20. The summed E-state index contributed by atoms with van der Waals surface area (Å²) in [5.41, 5.74) is 3.89. The Balaban J connectivity index is 1.64. The highest BCUT2D eigenvalue weighted by Crippen LogP contribution is 2.23. The van der Waals surface area contributed by atoms with E-state index in [2.05, 4.69) is 10.2 Å². The van der Waals surface area contributed by atoms with E-state index in [-0.39, 0.29) is 10.7 Å². The number of sulfonamides is 1. The fourth-order valence-corrected chi connectivity index (χ4v) is 5.35. The minimum absolute atomic E-state index is 0.0744. The molecule has 0 saturated carbocycles. The number of carbonyl (C=O) groups is 1. The number of aryl methyl sites for hydroxylation is 4. The summed E-state index contributed by atoms with van der Waals surface area (Å²) in [5.74, 6) is 0.0744. The Bertz CT molecular complexity index is 938. The van der Waals surface area contributed by atoms with Gasteiger partial charge in [0, 0.05) is 31.7 Å². The summed E-state index contributed by atoms with van der Waals surface area (Å²) in [7, 11) is -3.57. The van der Waals surface area contributed by atoms with Gasteiger partial charge in [0.1, 0.15) is 4.90 Å². The smallest absolute Gasteiger partial charge is 0.246 e. The van der Waals surface area contributed by atoms with E-state index in [9.17, 15) is 13.2 Å². The molecule has 0 aliphatic carbocycles. The number of benzene rings is 1. The maximum absolute atomic E-state index is 12.9. The normalized spacial score (nSPS) is 16.6. The number of hydrogen-bond acceptors (Lipinski definition) is 5. The first-order chi connectivity index (χ1) is 12.7. The van der Waals surface area contributed by atoms with Gasteiger partial charge >= 0.3 is 0 Å². The van der Waals surface area contributed by atoms with E-state index < -0.39 is 10.0 Å². The van der Waals surface area contributed by atoms with Gasteiger partial charge in [-0.15, -0.1) is 0 Å². The molecule has 0 atom stereocenters. The zero-order chi connectivity index (χ0) is 19.8. The number of nitrogens with zero attached hydrogens (tertiary/aromatic N) is 3. The molecule has 8 heteroatoms. The Morgan fingerprint density at radius 1 is 1.11 bits per heavy atom. The largest absolute Gasteiger partial charge is 0.293 e. The molecule has 1 aromatic carbocycles. The molecule has 0 unspecified atom stereocenters. The van der Waals surface area contributed by atoms with Gasteiger partial charge in [-0.1, -0.05) is 23.8 Å². The molecule has 2 heterocycles. The minimum Gasteiger partial charge on any atom is -0.293 e. The van der Waals surface area contributed by atoms with Gasteiger partial charge < -0.3 is 0 Å². The lowest BCUT2D eigenvalue weighted by Crippen LogP contribution is -2.50. The van der Waals surface area contributed by atoms with Crippen LogP contribution >= 0.6 is 0 Å². The van der Waals surface area contributed by atoms with Crippen molar-refractivity contribution in [3.05, 3.63) is 46.3 Å². The van der Waals surface area contributed by atoms with Crippen molar-refractivity contribution in [2.24, 2.45) is 0 Å². The molecule has 0 amide bonds. The van der Waals surface area contributed by atoms with Crippen LogP contribution in [0.4, 0.5) is 0 Å². The maximum atomic E-state index is 12.9. The topological polar surface area (TPSA) is 86.4 Å². The first-order valence-electron chi connectivity index (χ1n) is 9.04. The second kappa shape index (κ2) is 7.53. The Kier molecular flexibility index (Phi) is 5.50. The Morgan fingerprint density at radius 2 is 1.78 bits per heavy atom. The van der Waals surface area contributed by atoms with Crippen molar-refractivity contribution in [1.82, 2.24) is 19.4 Å². The molecule has 1 aliphatic heterocycles. The molecular weight excluding hydrogens is 364 g/mol. The third-order valence-electron chi connectivity index (χ3n) is 5.04. The summed E-state index contributed by atoms with van der Waals surface area (Å²) in [5, 5.41) is 6.73. The van der Waals surface area contributed by atoms with Crippen LogP contribution in [0.25, 0.3) is 0 Å². The summed E-state index contributed by atoms with van der Waals surface area (Å²) in [4.78, 5) is 14.9. The zero-order valence-corrected chi connectivity index (χ0v) is 17.1. The predicted octanol–water partition coefficient (Wildman–Crippen LogP) is 1.83. The number of aromatic nitrogens is 2. The fraction of sp³-hybridized carbons (Fsp3) is 0.474. The maximum Gasteiger partial charge on any atom is 0.246 e. The van der Waals surface area contributed by atoms with E-state index >= 15 is 0 Å². The molecule has 0 radical (unpaired) electrons. The number of ketones is 1. The second-order valence-electron chi connectivity index (χ2n) is 7.18. The molecule has 2 aromatic rings. The Morgan fingerprint density at radius 3 is 2.33 bits per heavy atom. The number of carbonyl (C=O) groups excluding carboxylic acids is 1. The number of rotatable bonds is 5.